The summed E-state index contributed by atoms with van der Waals surface area (Å²) in [7, 11) is 0. The van der Waals surface area contributed by atoms with Crippen LogP contribution in [-0.4, -0.2) is 33.9 Å². The van der Waals surface area contributed by atoms with Gasteiger partial charge in [-0.2, -0.15) is 0 Å². The molecule has 1 fully saturated rings. The molecule has 1 atom stereocenters. The summed E-state index contributed by atoms with van der Waals surface area (Å²) in [5.41, 5.74) is 1.61. The Hall–Kier alpha value is -2.60. The number of likely N-dealkylation sites (tertiary alicyclic amines) is 1. The molecule has 0 saturated carbocycles. The summed E-state index contributed by atoms with van der Waals surface area (Å²) in [4.78, 5) is 22.9. The zero-order chi connectivity index (χ0) is 18.8. The average molecular weight is 386 g/mol. The second kappa shape index (κ2) is 7.56. The predicted octanol–water partition coefficient (Wildman–Crippen LogP) is 4.24. The van der Waals surface area contributed by atoms with Crippen molar-refractivity contribution < 1.29 is 13.6 Å². The third-order valence-electron chi connectivity index (χ3n) is 4.89. The highest BCUT2D eigenvalue weighted by atomic mass is 35.5. The fourth-order valence-corrected chi connectivity index (χ4v) is 3.64. The molecule has 1 aliphatic heterocycles. The van der Waals surface area contributed by atoms with Crippen LogP contribution in [0.15, 0.2) is 45.7 Å². The van der Waals surface area contributed by atoms with Gasteiger partial charge >= 0.3 is 0 Å². The minimum absolute atomic E-state index is 0.0749. The molecule has 4 rings (SSSR count). The highest BCUT2D eigenvalue weighted by Crippen LogP contribution is 2.29. The van der Waals surface area contributed by atoms with Crippen LogP contribution in [0.5, 0.6) is 0 Å². The number of rotatable bonds is 4. The molecular formula is C20H20ClN3O3. The molecule has 0 radical (unpaired) electrons. The largest absolute Gasteiger partial charge is 0.445 e. The number of hydrogen-bond acceptors (Lipinski definition) is 5. The zero-order valence-corrected chi connectivity index (χ0v) is 15.8. The van der Waals surface area contributed by atoms with Crippen molar-refractivity contribution in [1.82, 2.24) is 14.9 Å². The van der Waals surface area contributed by atoms with Crippen molar-refractivity contribution in [2.75, 3.05) is 13.1 Å². The van der Waals surface area contributed by atoms with Gasteiger partial charge in [0.2, 0.25) is 5.76 Å². The first-order valence-electron chi connectivity index (χ1n) is 8.99. The molecule has 0 spiro atoms. The van der Waals surface area contributed by atoms with Crippen molar-refractivity contribution in [3.05, 3.63) is 70.5 Å². The topological polar surface area (TPSA) is 72.4 Å². The summed E-state index contributed by atoms with van der Waals surface area (Å²) in [6.45, 7) is 3.03. The van der Waals surface area contributed by atoms with E-state index in [9.17, 15) is 4.79 Å². The van der Waals surface area contributed by atoms with E-state index in [1.165, 1.54) is 6.39 Å². The molecule has 6 nitrogen and oxygen atoms in total. The fourth-order valence-electron chi connectivity index (χ4n) is 3.44. The van der Waals surface area contributed by atoms with Gasteiger partial charge in [0.1, 0.15) is 5.76 Å². The van der Waals surface area contributed by atoms with Gasteiger partial charge in [-0.05, 0) is 31.4 Å². The van der Waals surface area contributed by atoms with Crippen molar-refractivity contribution >= 4 is 17.5 Å². The number of carbonyl (C=O) groups excluding carboxylic acids is 1. The summed E-state index contributed by atoms with van der Waals surface area (Å²) in [5.74, 6) is 1.70. The predicted molar refractivity (Wildman–Crippen MR) is 99.9 cm³/mol. The lowest BCUT2D eigenvalue weighted by Gasteiger charge is -2.30. The molecule has 3 aromatic rings. The zero-order valence-electron chi connectivity index (χ0n) is 15.0. The molecule has 140 valence electrons. The first kappa shape index (κ1) is 17.8. The molecule has 3 heterocycles. The maximum atomic E-state index is 12.7. The van der Waals surface area contributed by atoms with E-state index in [1.54, 1.807) is 18.0 Å². The summed E-state index contributed by atoms with van der Waals surface area (Å²) >= 11 is 6.22. The number of oxazole rings is 2. The van der Waals surface area contributed by atoms with Gasteiger partial charge in [0, 0.05) is 24.5 Å². The van der Waals surface area contributed by atoms with Crippen molar-refractivity contribution in [2.45, 2.75) is 32.1 Å². The molecule has 0 aliphatic carbocycles. The van der Waals surface area contributed by atoms with Crippen LogP contribution in [0.3, 0.4) is 0 Å². The number of nitrogens with zero attached hydrogens (tertiary/aromatic N) is 3. The van der Waals surface area contributed by atoms with Crippen molar-refractivity contribution in [3.63, 3.8) is 0 Å². The lowest BCUT2D eigenvalue weighted by Crippen LogP contribution is -2.39. The van der Waals surface area contributed by atoms with Crippen molar-refractivity contribution in [3.8, 4) is 0 Å². The molecule has 1 amide bonds. The van der Waals surface area contributed by atoms with E-state index < -0.39 is 0 Å². The van der Waals surface area contributed by atoms with E-state index in [1.807, 2.05) is 24.3 Å². The van der Waals surface area contributed by atoms with E-state index in [-0.39, 0.29) is 11.8 Å². The van der Waals surface area contributed by atoms with Crippen LogP contribution < -0.4 is 0 Å². The minimum atomic E-state index is -0.127. The number of halogens is 1. The van der Waals surface area contributed by atoms with Crippen LogP contribution in [0, 0.1) is 6.92 Å². The lowest BCUT2D eigenvalue weighted by atomic mass is 9.97. The first-order valence-corrected chi connectivity index (χ1v) is 9.37. The van der Waals surface area contributed by atoms with Gasteiger partial charge in [-0.3, -0.25) is 4.79 Å². The number of aryl methyl sites for hydroxylation is 1. The molecule has 0 N–H and O–H groups in total. The fraction of sp³-hybridized carbons (Fsp3) is 0.350. The minimum Gasteiger partial charge on any atom is -0.445 e. The quantitative estimate of drug-likeness (QED) is 0.671. The van der Waals surface area contributed by atoms with Gasteiger partial charge < -0.3 is 13.7 Å². The summed E-state index contributed by atoms with van der Waals surface area (Å²) in [6.07, 6.45) is 5.48. The number of aromatic nitrogens is 2. The second-order valence-corrected chi connectivity index (χ2v) is 7.20. The number of carbonyl (C=O) groups is 1. The third kappa shape index (κ3) is 3.76. The van der Waals surface area contributed by atoms with E-state index in [0.717, 1.165) is 24.2 Å². The van der Waals surface area contributed by atoms with Crippen LogP contribution in [0.4, 0.5) is 0 Å². The number of piperidine rings is 1. The standard InChI is InChI=1S/C20H20ClN3O3/c1-13-18(26-12-23-13)20(25)24-8-4-6-15(11-24)19-22-10-16(27-19)9-14-5-2-3-7-17(14)21/h2-3,5,7,10,12,15H,4,6,8-9,11H2,1H3/t15-/m1/s1. The van der Waals surface area contributed by atoms with E-state index in [0.29, 0.717) is 41.9 Å². The summed E-state index contributed by atoms with van der Waals surface area (Å²) in [6, 6.07) is 7.70. The number of hydrogen-bond donors (Lipinski definition) is 0. The molecule has 2 aromatic heterocycles. The van der Waals surface area contributed by atoms with Gasteiger partial charge in [0.05, 0.1) is 17.8 Å². The number of amides is 1. The lowest BCUT2D eigenvalue weighted by molar-refractivity contribution is 0.0664. The highest BCUT2D eigenvalue weighted by molar-refractivity contribution is 6.31. The SMILES string of the molecule is Cc1ncoc1C(=O)N1CCC[C@@H](c2ncc(Cc3ccccc3Cl)o2)C1. The molecule has 1 aromatic carbocycles. The van der Waals surface area contributed by atoms with Crippen LogP contribution >= 0.6 is 11.6 Å². The number of benzene rings is 1. The van der Waals surface area contributed by atoms with Crippen LogP contribution in [-0.2, 0) is 6.42 Å². The van der Waals surface area contributed by atoms with Crippen LogP contribution in [0.25, 0.3) is 0 Å². The molecule has 1 saturated heterocycles. The van der Waals surface area contributed by atoms with E-state index in [4.69, 9.17) is 20.4 Å². The molecule has 0 unspecified atom stereocenters. The second-order valence-electron chi connectivity index (χ2n) is 6.79. The van der Waals surface area contributed by atoms with E-state index >= 15 is 0 Å². The molecule has 1 aliphatic rings. The summed E-state index contributed by atoms with van der Waals surface area (Å²) in [5, 5.41) is 0.715. The third-order valence-corrected chi connectivity index (χ3v) is 5.26. The van der Waals surface area contributed by atoms with Gasteiger partial charge in [-0.1, -0.05) is 29.8 Å². The Morgan fingerprint density at radius 3 is 2.96 bits per heavy atom. The Bertz CT molecular complexity index is 949. The Morgan fingerprint density at radius 1 is 1.33 bits per heavy atom. The Balaban J connectivity index is 1.46. The Labute approximate surface area is 162 Å². The first-order chi connectivity index (χ1) is 13.1. The van der Waals surface area contributed by atoms with Crippen molar-refractivity contribution in [1.29, 1.82) is 0 Å². The monoisotopic (exact) mass is 385 g/mol. The van der Waals surface area contributed by atoms with Gasteiger partial charge in [0.15, 0.2) is 12.3 Å². The average Bonchev–Trinajstić information content (AvgIpc) is 3.32. The normalized spacial score (nSPS) is 17.3. The van der Waals surface area contributed by atoms with Crippen LogP contribution in [0.2, 0.25) is 5.02 Å². The smallest absolute Gasteiger partial charge is 0.291 e. The Morgan fingerprint density at radius 2 is 2.19 bits per heavy atom. The molecule has 27 heavy (non-hydrogen) atoms. The molecular weight excluding hydrogens is 366 g/mol. The summed E-state index contributed by atoms with van der Waals surface area (Å²) < 4.78 is 11.2. The Kier molecular flexibility index (Phi) is 4.99. The van der Waals surface area contributed by atoms with Crippen LogP contribution in [0.1, 0.15) is 52.2 Å². The maximum absolute atomic E-state index is 12.7. The van der Waals surface area contributed by atoms with Crippen molar-refractivity contribution in [2.24, 2.45) is 0 Å². The maximum Gasteiger partial charge on any atom is 0.291 e. The van der Waals surface area contributed by atoms with Gasteiger partial charge in [-0.15, -0.1) is 0 Å². The highest BCUT2D eigenvalue weighted by Gasteiger charge is 2.30. The van der Waals surface area contributed by atoms with Gasteiger partial charge in [-0.25, -0.2) is 9.97 Å². The molecule has 7 heteroatoms. The molecule has 0 bridgehead atoms. The van der Waals surface area contributed by atoms with Gasteiger partial charge in [0.25, 0.3) is 5.91 Å². The van der Waals surface area contributed by atoms with E-state index in [2.05, 4.69) is 9.97 Å².